The van der Waals surface area contributed by atoms with Crippen LogP contribution >= 0.6 is 24.0 Å². The van der Waals surface area contributed by atoms with Gasteiger partial charge in [0, 0.05) is 54.2 Å². The van der Waals surface area contributed by atoms with Crippen molar-refractivity contribution in [3.8, 4) is 0 Å². The molecule has 2 heterocycles. The number of guanidine groups is 1. The van der Waals surface area contributed by atoms with E-state index in [1.165, 1.54) is 12.0 Å². The minimum Gasteiger partial charge on any atom is -0.357 e. The van der Waals surface area contributed by atoms with Gasteiger partial charge in [-0.15, -0.1) is 24.0 Å². The second kappa shape index (κ2) is 10.6. The number of aryl methyl sites for hydroxylation is 1. The van der Waals surface area contributed by atoms with E-state index in [4.69, 9.17) is 4.99 Å². The number of rotatable bonds is 6. The van der Waals surface area contributed by atoms with E-state index in [0.29, 0.717) is 18.2 Å². The molecule has 0 amide bonds. The molecular weight excluding hydrogens is 461 g/mol. The molecule has 2 rings (SSSR count). The van der Waals surface area contributed by atoms with E-state index in [-0.39, 0.29) is 28.7 Å². The predicted octanol–water partition coefficient (Wildman–Crippen LogP) is 2.42. The van der Waals surface area contributed by atoms with Crippen LogP contribution in [0.1, 0.15) is 39.7 Å². The van der Waals surface area contributed by atoms with Crippen molar-refractivity contribution in [2.75, 3.05) is 31.9 Å². The van der Waals surface area contributed by atoms with Crippen LogP contribution in [0, 0.1) is 5.92 Å². The molecule has 0 aromatic carbocycles. The van der Waals surface area contributed by atoms with E-state index >= 15 is 0 Å². The van der Waals surface area contributed by atoms with Crippen LogP contribution in [0.5, 0.6) is 0 Å². The number of aliphatic imine (C=N–C) groups is 1. The summed E-state index contributed by atoms with van der Waals surface area (Å²) in [5, 5.41) is 7.64. The Morgan fingerprint density at radius 2 is 2.19 bits per heavy atom. The predicted molar refractivity (Wildman–Crippen MR) is 121 cm³/mol. The highest BCUT2D eigenvalue weighted by Gasteiger charge is 2.25. The zero-order chi connectivity index (χ0) is 18.4. The summed E-state index contributed by atoms with van der Waals surface area (Å²) in [6.45, 7) is 11.6. The zero-order valence-corrected chi connectivity index (χ0v) is 19.8. The number of hydrogen-bond donors (Lipinski definition) is 1. The Balaban J connectivity index is 0.00000338. The van der Waals surface area contributed by atoms with Crippen molar-refractivity contribution in [3.63, 3.8) is 0 Å². The molecule has 26 heavy (non-hydrogen) atoms. The van der Waals surface area contributed by atoms with E-state index < -0.39 is 10.8 Å². The summed E-state index contributed by atoms with van der Waals surface area (Å²) in [5.41, 5.74) is 1.30. The van der Waals surface area contributed by atoms with Gasteiger partial charge in [-0.1, -0.05) is 0 Å². The summed E-state index contributed by atoms with van der Waals surface area (Å²) in [7, 11) is 1.11. The standard InChI is InChI=1S/C18H33N5OS.HI/c1-6-19-17(20-8-10-25(24)18(2,3)4)23-9-7-15(14-23)11-16-12-21-22(5)13-16;/h12-13,15H,6-11,14H2,1-5H3,(H,19,20);1H. The van der Waals surface area contributed by atoms with Crippen LogP contribution in [-0.4, -0.2) is 61.5 Å². The SMILES string of the molecule is CCNC(=NCCS(=O)C(C)(C)C)N1CCC(Cc2cnn(C)c2)C1.I. The lowest BCUT2D eigenvalue weighted by Crippen LogP contribution is -2.40. The van der Waals surface area contributed by atoms with Crippen LogP contribution < -0.4 is 5.32 Å². The molecule has 2 atom stereocenters. The summed E-state index contributed by atoms with van der Waals surface area (Å²) in [6, 6.07) is 0. The Morgan fingerprint density at radius 1 is 1.46 bits per heavy atom. The maximum absolute atomic E-state index is 12.2. The third-order valence-corrected chi connectivity index (χ3v) is 6.34. The lowest BCUT2D eigenvalue weighted by atomic mass is 10.0. The average molecular weight is 495 g/mol. The molecule has 0 saturated carbocycles. The first-order valence-electron chi connectivity index (χ1n) is 9.19. The van der Waals surface area contributed by atoms with Crippen molar-refractivity contribution >= 4 is 40.7 Å². The highest BCUT2D eigenvalue weighted by molar-refractivity contribution is 14.0. The summed E-state index contributed by atoms with van der Waals surface area (Å²) in [6.07, 6.45) is 6.30. The van der Waals surface area contributed by atoms with Gasteiger partial charge in [0.2, 0.25) is 0 Å². The highest BCUT2D eigenvalue weighted by atomic mass is 127. The molecule has 0 radical (unpaired) electrons. The van der Waals surface area contributed by atoms with E-state index in [0.717, 1.165) is 32.0 Å². The lowest BCUT2D eigenvalue weighted by Gasteiger charge is -2.22. The summed E-state index contributed by atoms with van der Waals surface area (Å²) in [4.78, 5) is 7.05. The molecule has 1 fully saturated rings. The monoisotopic (exact) mass is 495 g/mol. The Kier molecular flexibility index (Phi) is 9.57. The van der Waals surface area contributed by atoms with E-state index in [1.54, 1.807) is 0 Å². The van der Waals surface area contributed by atoms with Crippen molar-refractivity contribution in [1.82, 2.24) is 20.0 Å². The van der Waals surface area contributed by atoms with Gasteiger partial charge in [-0.25, -0.2) is 0 Å². The van der Waals surface area contributed by atoms with Crippen LogP contribution in [0.25, 0.3) is 0 Å². The van der Waals surface area contributed by atoms with Crippen molar-refractivity contribution in [3.05, 3.63) is 18.0 Å². The second-order valence-corrected chi connectivity index (χ2v) is 10.0. The van der Waals surface area contributed by atoms with Crippen molar-refractivity contribution in [2.24, 2.45) is 18.0 Å². The van der Waals surface area contributed by atoms with Crippen molar-refractivity contribution < 1.29 is 4.21 Å². The van der Waals surface area contributed by atoms with Crippen molar-refractivity contribution in [1.29, 1.82) is 0 Å². The van der Waals surface area contributed by atoms with Gasteiger partial charge in [-0.05, 0) is 52.0 Å². The first kappa shape index (κ1) is 23.4. The fraction of sp³-hybridized carbons (Fsp3) is 0.778. The van der Waals surface area contributed by atoms with Gasteiger partial charge in [-0.2, -0.15) is 5.10 Å². The number of aromatic nitrogens is 2. The summed E-state index contributed by atoms with van der Waals surface area (Å²) in [5.74, 6) is 2.21. The van der Waals surface area contributed by atoms with Crippen LogP contribution in [-0.2, 0) is 24.3 Å². The molecular formula is C18H34IN5OS. The number of halogens is 1. The molecule has 1 aromatic rings. The number of nitrogens with one attached hydrogen (secondary N) is 1. The fourth-order valence-corrected chi connectivity index (χ4v) is 3.94. The minimum absolute atomic E-state index is 0. The molecule has 1 aliphatic rings. The van der Waals surface area contributed by atoms with Gasteiger partial charge in [-0.3, -0.25) is 13.9 Å². The van der Waals surface area contributed by atoms with Crippen molar-refractivity contribution in [2.45, 2.75) is 45.3 Å². The van der Waals surface area contributed by atoms with Gasteiger partial charge in [0.25, 0.3) is 0 Å². The van der Waals surface area contributed by atoms with Crippen LogP contribution in [0.3, 0.4) is 0 Å². The van der Waals surface area contributed by atoms with Gasteiger partial charge in [0.15, 0.2) is 5.96 Å². The quantitative estimate of drug-likeness (QED) is 0.374. The highest BCUT2D eigenvalue weighted by Crippen LogP contribution is 2.20. The Morgan fingerprint density at radius 3 is 2.77 bits per heavy atom. The minimum atomic E-state index is -0.853. The Hall–Kier alpha value is -0.640. The summed E-state index contributed by atoms with van der Waals surface area (Å²) < 4.78 is 13.9. The maximum atomic E-state index is 12.2. The molecule has 1 saturated heterocycles. The normalized spacial score (nSPS) is 19.3. The fourth-order valence-electron chi connectivity index (χ4n) is 3.07. The molecule has 2 unspecified atom stereocenters. The molecule has 0 aliphatic carbocycles. The Bertz CT molecular complexity index is 611. The summed E-state index contributed by atoms with van der Waals surface area (Å²) >= 11 is 0. The first-order chi connectivity index (χ1) is 11.8. The molecule has 0 spiro atoms. The number of hydrogen-bond acceptors (Lipinski definition) is 3. The average Bonchev–Trinajstić information content (AvgIpc) is 3.15. The van der Waals surface area contributed by atoms with Crippen LogP contribution in [0.4, 0.5) is 0 Å². The van der Waals surface area contributed by atoms with E-state index in [2.05, 4.69) is 28.4 Å². The zero-order valence-electron chi connectivity index (χ0n) is 16.7. The second-order valence-electron chi connectivity index (χ2n) is 7.72. The Labute approximate surface area is 177 Å². The molecule has 1 N–H and O–H groups in total. The smallest absolute Gasteiger partial charge is 0.193 e. The van der Waals surface area contributed by atoms with Gasteiger partial charge < -0.3 is 10.2 Å². The van der Waals surface area contributed by atoms with Gasteiger partial charge >= 0.3 is 0 Å². The van der Waals surface area contributed by atoms with E-state index in [9.17, 15) is 4.21 Å². The molecule has 1 aliphatic heterocycles. The lowest BCUT2D eigenvalue weighted by molar-refractivity contribution is 0.460. The largest absolute Gasteiger partial charge is 0.357 e. The third-order valence-electron chi connectivity index (χ3n) is 4.42. The molecule has 8 heteroatoms. The molecule has 150 valence electrons. The van der Waals surface area contributed by atoms with Crippen LogP contribution in [0.2, 0.25) is 0 Å². The number of nitrogens with zero attached hydrogens (tertiary/aromatic N) is 4. The molecule has 6 nitrogen and oxygen atoms in total. The van der Waals surface area contributed by atoms with Crippen LogP contribution in [0.15, 0.2) is 17.4 Å². The maximum Gasteiger partial charge on any atom is 0.193 e. The topological polar surface area (TPSA) is 62.5 Å². The van der Waals surface area contributed by atoms with Gasteiger partial charge in [0.1, 0.15) is 0 Å². The first-order valence-corrected chi connectivity index (χ1v) is 10.5. The number of likely N-dealkylation sites (tertiary alicyclic amines) is 1. The molecule has 0 bridgehead atoms. The van der Waals surface area contributed by atoms with Gasteiger partial charge in [0.05, 0.1) is 12.7 Å². The molecule has 1 aromatic heterocycles. The third kappa shape index (κ3) is 7.17. The van der Waals surface area contributed by atoms with E-state index in [1.807, 2.05) is 38.7 Å².